The average Bonchev–Trinajstić information content (AvgIpc) is 2.34. The van der Waals surface area contributed by atoms with Crippen LogP contribution < -0.4 is 5.32 Å². The second-order valence-electron chi connectivity index (χ2n) is 4.28. The summed E-state index contributed by atoms with van der Waals surface area (Å²) in [5.74, 6) is 2.86. The maximum atomic E-state index is 11.7. The van der Waals surface area contributed by atoms with Gasteiger partial charge in [-0.25, -0.2) is 0 Å². The summed E-state index contributed by atoms with van der Waals surface area (Å²) in [5, 5.41) is 3.18. The first-order valence-electron chi connectivity index (χ1n) is 6.26. The van der Waals surface area contributed by atoms with Gasteiger partial charge in [0, 0.05) is 19.5 Å². The number of amides is 1. The molecule has 0 bridgehead atoms. The number of unbranched alkanes of at least 4 members (excludes halogenated alkanes) is 2. The summed E-state index contributed by atoms with van der Waals surface area (Å²) in [6.45, 7) is 3.26. The molecule has 90 valence electrons. The van der Waals surface area contributed by atoms with Gasteiger partial charge in [0.1, 0.15) is 0 Å². The monoisotopic (exact) mass is 222 g/mol. The fraction of sp³-hybridized carbons (Fsp3) is 0.769. The van der Waals surface area contributed by atoms with Crippen molar-refractivity contribution in [1.29, 1.82) is 0 Å². The number of rotatable bonds is 6. The highest BCUT2D eigenvalue weighted by molar-refractivity contribution is 5.78. The van der Waals surface area contributed by atoms with Gasteiger partial charge in [0.15, 0.2) is 0 Å². The Hall–Kier alpha value is -1.01. The van der Waals surface area contributed by atoms with Crippen LogP contribution in [0.5, 0.6) is 0 Å². The van der Waals surface area contributed by atoms with Gasteiger partial charge in [0.2, 0.25) is 5.91 Å². The Bertz CT molecular complexity index is 239. The maximum absolute atomic E-state index is 11.7. The second-order valence-corrected chi connectivity index (χ2v) is 4.28. The number of hydrogen-bond acceptors (Lipinski definition) is 2. The quantitative estimate of drug-likeness (QED) is 0.544. The number of carbonyl (C=O) groups is 1. The van der Waals surface area contributed by atoms with E-state index in [1.807, 2.05) is 4.90 Å². The van der Waals surface area contributed by atoms with Crippen LogP contribution in [0.3, 0.4) is 0 Å². The lowest BCUT2D eigenvalue weighted by Crippen LogP contribution is -2.41. The Balaban J connectivity index is 1.99. The Morgan fingerprint density at radius 2 is 2.00 bits per heavy atom. The third-order valence-corrected chi connectivity index (χ3v) is 2.91. The van der Waals surface area contributed by atoms with Gasteiger partial charge in [-0.15, -0.1) is 12.3 Å². The zero-order chi connectivity index (χ0) is 11.6. The van der Waals surface area contributed by atoms with Gasteiger partial charge in [0.25, 0.3) is 0 Å². The third kappa shape index (κ3) is 5.18. The minimum Gasteiger partial charge on any atom is -0.342 e. The van der Waals surface area contributed by atoms with Gasteiger partial charge in [0.05, 0.1) is 6.54 Å². The van der Waals surface area contributed by atoms with E-state index < -0.39 is 0 Å². The second kappa shape index (κ2) is 8.18. The number of terminal acetylenes is 1. The first-order valence-corrected chi connectivity index (χ1v) is 6.26. The molecule has 0 atom stereocenters. The van der Waals surface area contributed by atoms with Crippen LogP contribution in [0, 0.1) is 12.3 Å². The Labute approximate surface area is 98.6 Å². The van der Waals surface area contributed by atoms with Crippen molar-refractivity contribution in [2.24, 2.45) is 0 Å². The Kier molecular flexibility index (Phi) is 6.67. The van der Waals surface area contributed by atoms with Crippen LogP contribution in [0.1, 0.15) is 38.5 Å². The van der Waals surface area contributed by atoms with Gasteiger partial charge >= 0.3 is 0 Å². The summed E-state index contributed by atoms with van der Waals surface area (Å²) in [6, 6.07) is 0. The van der Waals surface area contributed by atoms with Crippen LogP contribution >= 0.6 is 0 Å². The minimum absolute atomic E-state index is 0.247. The van der Waals surface area contributed by atoms with Crippen molar-refractivity contribution in [3.8, 4) is 12.3 Å². The van der Waals surface area contributed by atoms with Crippen LogP contribution in [-0.4, -0.2) is 37.0 Å². The molecule has 1 amide bonds. The predicted octanol–water partition coefficient (Wildman–Crippen LogP) is 1.39. The molecule has 0 aromatic heterocycles. The molecule has 3 nitrogen and oxygen atoms in total. The lowest BCUT2D eigenvalue weighted by atomic mass is 10.1. The molecule has 0 aromatic rings. The summed E-state index contributed by atoms with van der Waals surface area (Å²) < 4.78 is 0. The fourth-order valence-corrected chi connectivity index (χ4v) is 1.93. The molecular weight excluding hydrogens is 200 g/mol. The lowest BCUT2D eigenvalue weighted by molar-refractivity contribution is -0.131. The number of nitrogens with one attached hydrogen (secondary N) is 1. The van der Waals surface area contributed by atoms with Crippen LogP contribution in [0.25, 0.3) is 0 Å². The van der Waals surface area contributed by atoms with Crippen molar-refractivity contribution in [1.82, 2.24) is 10.2 Å². The summed E-state index contributed by atoms with van der Waals surface area (Å²) >= 11 is 0. The van der Waals surface area contributed by atoms with E-state index in [1.54, 1.807) is 0 Å². The molecule has 0 aromatic carbocycles. The molecule has 1 saturated heterocycles. The van der Waals surface area contributed by atoms with Crippen LogP contribution in [0.15, 0.2) is 0 Å². The topological polar surface area (TPSA) is 32.3 Å². The number of carbonyl (C=O) groups excluding carboxylic acids is 1. The SMILES string of the molecule is C#CCCCCNCC(=O)N1CCCCC1. The molecule has 1 rings (SSSR count). The van der Waals surface area contributed by atoms with Crippen molar-refractivity contribution in [3.63, 3.8) is 0 Å². The number of hydrogen-bond donors (Lipinski definition) is 1. The zero-order valence-corrected chi connectivity index (χ0v) is 10.0. The van der Waals surface area contributed by atoms with E-state index in [-0.39, 0.29) is 5.91 Å². The number of piperidine rings is 1. The highest BCUT2D eigenvalue weighted by Crippen LogP contribution is 2.08. The van der Waals surface area contributed by atoms with E-state index in [2.05, 4.69) is 11.2 Å². The first-order chi connectivity index (χ1) is 7.84. The molecule has 1 fully saturated rings. The van der Waals surface area contributed by atoms with Crippen molar-refractivity contribution in [2.75, 3.05) is 26.2 Å². The summed E-state index contributed by atoms with van der Waals surface area (Å²) in [6.07, 6.45) is 11.7. The van der Waals surface area contributed by atoms with E-state index in [9.17, 15) is 4.79 Å². The molecule has 0 saturated carbocycles. The van der Waals surface area contributed by atoms with Gasteiger partial charge < -0.3 is 10.2 Å². The molecule has 1 aliphatic heterocycles. The Morgan fingerprint density at radius 3 is 2.69 bits per heavy atom. The minimum atomic E-state index is 0.247. The van der Waals surface area contributed by atoms with Crippen molar-refractivity contribution >= 4 is 5.91 Å². The van der Waals surface area contributed by atoms with Crippen molar-refractivity contribution < 1.29 is 4.79 Å². The highest BCUT2D eigenvalue weighted by Gasteiger charge is 2.15. The van der Waals surface area contributed by atoms with E-state index in [0.717, 1.165) is 51.7 Å². The molecule has 0 radical (unpaired) electrons. The van der Waals surface area contributed by atoms with Crippen molar-refractivity contribution in [2.45, 2.75) is 38.5 Å². The summed E-state index contributed by atoms with van der Waals surface area (Å²) in [5.41, 5.74) is 0. The van der Waals surface area contributed by atoms with E-state index in [1.165, 1.54) is 6.42 Å². The van der Waals surface area contributed by atoms with Gasteiger partial charge in [-0.2, -0.15) is 0 Å². The standard InChI is InChI=1S/C13H22N2O/c1-2-3-4-6-9-14-12-13(16)15-10-7-5-8-11-15/h1,14H,3-12H2. The van der Waals surface area contributed by atoms with E-state index in [0.29, 0.717) is 6.54 Å². The molecule has 3 heteroatoms. The first kappa shape index (κ1) is 13.1. The summed E-state index contributed by atoms with van der Waals surface area (Å²) in [4.78, 5) is 13.7. The van der Waals surface area contributed by atoms with Gasteiger partial charge in [-0.05, 0) is 38.6 Å². The van der Waals surface area contributed by atoms with Crippen molar-refractivity contribution in [3.05, 3.63) is 0 Å². The summed E-state index contributed by atoms with van der Waals surface area (Å²) in [7, 11) is 0. The molecule has 1 aliphatic rings. The van der Waals surface area contributed by atoms with Crippen LogP contribution in [-0.2, 0) is 4.79 Å². The van der Waals surface area contributed by atoms with Crippen LogP contribution in [0.4, 0.5) is 0 Å². The van der Waals surface area contributed by atoms with E-state index in [4.69, 9.17) is 6.42 Å². The molecule has 0 unspecified atom stereocenters. The molecule has 16 heavy (non-hydrogen) atoms. The molecule has 1 heterocycles. The molecule has 1 N–H and O–H groups in total. The smallest absolute Gasteiger partial charge is 0.236 e. The normalized spacial score (nSPS) is 15.8. The number of likely N-dealkylation sites (tertiary alicyclic amines) is 1. The average molecular weight is 222 g/mol. The maximum Gasteiger partial charge on any atom is 0.236 e. The van der Waals surface area contributed by atoms with Crippen LogP contribution in [0.2, 0.25) is 0 Å². The number of nitrogens with zero attached hydrogens (tertiary/aromatic N) is 1. The predicted molar refractivity (Wildman–Crippen MR) is 66.0 cm³/mol. The molecular formula is C13H22N2O. The van der Waals surface area contributed by atoms with E-state index >= 15 is 0 Å². The highest BCUT2D eigenvalue weighted by atomic mass is 16.2. The Morgan fingerprint density at radius 1 is 1.25 bits per heavy atom. The molecule has 0 spiro atoms. The fourth-order valence-electron chi connectivity index (χ4n) is 1.93. The lowest BCUT2D eigenvalue weighted by Gasteiger charge is -2.26. The largest absolute Gasteiger partial charge is 0.342 e. The zero-order valence-electron chi connectivity index (χ0n) is 10.0. The molecule has 0 aliphatic carbocycles. The van der Waals surface area contributed by atoms with Gasteiger partial charge in [-0.1, -0.05) is 0 Å². The van der Waals surface area contributed by atoms with Gasteiger partial charge in [-0.3, -0.25) is 4.79 Å². The third-order valence-electron chi connectivity index (χ3n) is 2.91.